The molecular formula is C45H30N2. The Balaban J connectivity index is 1.07. The molecule has 0 aliphatic heterocycles. The van der Waals surface area contributed by atoms with Crippen LogP contribution in [0.3, 0.4) is 0 Å². The second kappa shape index (κ2) is 11.3. The molecule has 0 saturated heterocycles. The molecule has 0 unspecified atom stereocenters. The van der Waals surface area contributed by atoms with Crippen LogP contribution in [0.2, 0.25) is 0 Å². The van der Waals surface area contributed by atoms with E-state index >= 15 is 0 Å². The first-order valence-electron chi connectivity index (χ1n) is 16.0. The van der Waals surface area contributed by atoms with Crippen molar-refractivity contribution in [2.45, 2.75) is 0 Å². The van der Waals surface area contributed by atoms with Crippen LogP contribution >= 0.6 is 0 Å². The quantitative estimate of drug-likeness (QED) is 0.183. The maximum atomic E-state index is 4.23. The highest BCUT2D eigenvalue weighted by atomic mass is 15.1. The molecule has 220 valence electrons. The highest BCUT2D eigenvalue weighted by Crippen LogP contribution is 2.38. The number of anilines is 3. The van der Waals surface area contributed by atoms with Crippen LogP contribution in [-0.4, -0.2) is 4.98 Å². The molecule has 2 nitrogen and oxygen atoms in total. The summed E-state index contributed by atoms with van der Waals surface area (Å²) in [6.45, 7) is 0. The van der Waals surface area contributed by atoms with Gasteiger partial charge in [0.2, 0.25) is 0 Å². The molecule has 0 atom stereocenters. The molecule has 47 heavy (non-hydrogen) atoms. The topological polar surface area (TPSA) is 16.1 Å². The third-order valence-electron chi connectivity index (χ3n) is 9.27. The van der Waals surface area contributed by atoms with Gasteiger partial charge >= 0.3 is 0 Å². The minimum Gasteiger partial charge on any atom is -0.310 e. The van der Waals surface area contributed by atoms with Crippen molar-refractivity contribution in [3.63, 3.8) is 0 Å². The number of rotatable bonds is 5. The van der Waals surface area contributed by atoms with Crippen LogP contribution in [0.15, 0.2) is 182 Å². The zero-order chi connectivity index (χ0) is 31.2. The lowest BCUT2D eigenvalue weighted by Crippen LogP contribution is -2.09. The summed E-state index contributed by atoms with van der Waals surface area (Å²) < 4.78 is 0. The first-order valence-corrected chi connectivity index (χ1v) is 16.0. The summed E-state index contributed by atoms with van der Waals surface area (Å²) in [5.74, 6) is 0. The second-order valence-corrected chi connectivity index (χ2v) is 12.1. The molecule has 0 fully saturated rings. The number of aromatic nitrogens is 1. The van der Waals surface area contributed by atoms with Gasteiger partial charge in [-0.25, -0.2) is 0 Å². The monoisotopic (exact) mass is 598 g/mol. The maximum Gasteiger partial charge on any atom is 0.0492 e. The summed E-state index contributed by atoms with van der Waals surface area (Å²) in [6.07, 6.45) is 3.68. The number of hydrogen-bond donors (Lipinski definition) is 0. The van der Waals surface area contributed by atoms with Gasteiger partial charge in [0.1, 0.15) is 0 Å². The van der Waals surface area contributed by atoms with E-state index < -0.39 is 0 Å². The molecular weight excluding hydrogens is 569 g/mol. The van der Waals surface area contributed by atoms with Gasteiger partial charge in [-0.15, -0.1) is 0 Å². The van der Waals surface area contributed by atoms with Gasteiger partial charge in [0, 0.05) is 29.5 Å². The zero-order valence-corrected chi connectivity index (χ0v) is 25.7. The van der Waals surface area contributed by atoms with Gasteiger partial charge in [-0.05, 0) is 126 Å². The molecule has 1 aromatic heterocycles. The summed E-state index contributed by atoms with van der Waals surface area (Å²) in [6, 6.07) is 61.5. The van der Waals surface area contributed by atoms with Gasteiger partial charge in [0.05, 0.1) is 0 Å². The molecule has 0 aliphatic carbocycles. The lowest BCUT2D eigenvalue weighted by molar-refractivity contribution is 1.25. The number of para-hydroxylation sites is 1. The predicted octanol–water partition coefficient (Wildman–Crippen LogP) is 12.5. The fourth-order valence-electron chi connectivity index (χ4n) is 6.96. The Morgan fingerprint density at radius 2 is 0.851 bits per heavy atom. The predicted molar refractivity (Wildman–Crippen MR) is 200 cm³/mol. The molecule has 0 spiro atoms. The number of benzene rings is 8. The fraction of sp³-hybridized carbons (Fsp3) is 0. The number of fused-ring (bicyclic) bond motifs is 5. The zero-order valence-electron chi connectivity index (χ0n) is 25.7. The Hall–Kier alpha value is -6.25. The Kier molecular flexibility index (Phi) is 6.50. The number of nitrogens with zero attached hydrogens (tertiary/aromatic N) is 2. The van der Waals surface area contributed by atoms with Crippen molar-refractivity contribution >= 4 is 60.2 Å². The van der Waals surface area contributed by atoms with Gasteiger partial charge in [-0.2, -0.15) is 0 Å². The van der Waals surface area contributed by atoms with Crippen molar-refractivity contribution in [3.05, 3.63) is 182 Å². The molecule has 0 bridgehead atoms. The van der Waals surface area contributed by atoms with E-state index in [0.717, 1.165) is 17.1 Å². The summed E-state index contributed by atoms with van der Waals surface area (Å²) >= 11 is 0. The molecule has 0 aliphatic rings. The average molecular weight is 599 g/mol. The van der Waals surface area contributed by atoms with E-state index in [-0.39, 0.29) is 0 Å². The van der Waals surface area contributed by atoms with Crippen LogP contribution in [0.25, 0.3) is 65.3 Å². The van der Waals surface area contributed by atoms with E-state index in [2.05, 4.69) is 168 Å². The normalized spacial score (nSPS) is 11.4. The van der Waals surface area contributed by atoms with Crippen molar-refractivity contribution < 1.29 is 0 Å². The first kappa shape index (κ1) is 27.1. The van der Waals surface area contributed by atoms with Crippen LogP contribution in [0.4, 0.5) is 17.1 Å². The van der Waals surface area contributed by atoms with Crippen molar-refractivity contribution in [3.8, 4) is 22.3 Å². The highest BCUT2D eigenvalue weighted by molar-refractivity contribution is 6.14. The van der Waals surface area contributed by atoms with Crippen LogP contribution in [0, 0.1) is 0 Å². The average Bonchev–Trinajstić information content (AvgIpc) is 3.15. The SMILES string of the molecule is c1ccc(N(c2ccncc2)c2ccc3cc(-c4ccc5cc(-c6cc7ccccc7c7ccccc67)ccc5c4)ccc3c2)cc1. The Bertz CT molecular complexity index is 2530. The van der Waals surface area contributed by atoms with Crippen molar-refractivity contribution in [2.75, 3.05) is 4.90 Å². The number of hydrogen-bond acceptors (Lipinski definition) is 2. The van der Waals surface area contributed by atoms with Crippen molar-refractivity contribution in [2.24, 2.45) is 0 Å². The van der Waals surface area contributed by atoms with Crippen LogP contribution in [-0.2, 0) is 0 Å². The minimum absolute atomic E-state index is 1.08. The lowest BCUT2D eigenvalue weighted by atomic mass is 9.91. The van der Waals surface area contributed by atoms with E-state index in [1.807, 2.05) is 24.5 Å². The Labute approximate surface area is 273 Å². The molecule has 0 N–H and O–H groups in total. The van der Waals surface area contributed by atoms with Crippen LogP contribution in [0.1, 0.15) is 0 Å². The highest BCUT2D eigenvalue weighted by Gasteiger charge is 2.13. The minimum atomic E-state index is 1.08. The van der Waals surface area contributed by atoms with Crippen molar-refractivity contribution in [1.29, 1.82) is 0 Å². The number of pyridine rings is 1. The lowest BCUT2D eigenvalue weighted by Gasteiger charge is -2.25. The molecule has 8 aromatic carbocycles. The smallest absolute Gasteiger partial charge is 0.0492 e. The first-order chi connectivity index (χ1) is 23.3. The standard InChI is InChI=1S/C45H30N2/c1-2-9-39(10-3-1)47(40-22-24-46-25-23-40)41-21-20-35-27-32(16-17-36(35)29-41)31-14-15-34-28-38(19-18-33(34)26-31)45-30-37-8-4-5-11-42(37)43-12-6-7-13-44(43)45/h1-30H. The van der Waals surface area contributed by atoms with E-state index in [1.165, 1.54) is 65.3 Å². The largest absolute Gasteiger partial charge is 0.310 e. The molecule has 9 rings (SSSR count). The van der Waals surface area contributed by atoms with E-state index in [9.17, 15) is 0 Å². The Morgan fingerprint density at radius 1 is 0.319 bits per heavy atom. The molecule has 0 radical (unpaired) electrons. The van der Waals surface area contributed by atoms with Crippen LogP contribution in [0.5, 0.6) is 0 Å². The fourth-order valence-corrected chi connectivity index (χ4v) is 6.96. The second-order valence-electron chi connectivity index (χ2n) is 12.1. The third-order valence-corrected chi connectivity index (χ3v) is 9.27. The molecule has 0 saturated carbocycles. The van der Waals surface area contributed by atoms with E-state index in [0.29, 0.717) is 0 Å². The van der Waals surface area contributed by atoms with E-state index in [4.69, 9.17) is 0 Å². The third kappa shape index (κ3) is 4.88. The van der Waals surface area contributed by atoms with E-state index in [1.54, 1.807) is 0 Å². The summed E-state index contributed by atoms with van der Waals surface area (Å²) in [5.41, 5.74) is 8.25. The summed E-state index contributed by atoms with van der Waals surface area (Å²) in [7, 11) is 0. The van der Waals surface area contributed by atoms with Gasteiger partial charge in [0.25, 0.3) is 0 Å². The van der Waals surface area contributed by atoms with Crippen molar-refractivity contribution in [1.82, 2.24) is 4.98 Å². The summed E-state index contributed by atoms with van der Waals surface area (Å²) in [4.78, 5) is 6.51. The van der Waals surface area contributed by atoms with Gasteiger partial charge in [-0.1, -0.05) is 109 Å². The molecule has 2 heteroatoms. The van der Waals surface area contributed by atoms with Crippen LogP contribution < -0.4 is 4.90 Å². The maximum absolute atomic E-state index is 4.23. The van der Waals surface area contributed by atoms with Gasteiger partial charge in [0.15, 0.2) is 0 Å². The molecule has 9 aromatic rings. The Morgan fingerprint density at radius 3 is 1.57 bits per heavy atom. The molecule has 0 amide bonds. The summed E-state index contributed by atoms with van der Waals surface area (Å²) in [5, 5.41) is 10.0. The molecule has 1 heterocycles. The van der Waals surface area contributed by atoms with Gasteiger partial charge in [-0.3, -0.25) is 4.98 Å². The van der Waals surface area contributed by atoms with Gasteiger partial charge < -0.3 is 4.90 Å².